The van der Waals surface area contributed by atoms with Crippen molar-refractivity contribution in [3.05, 3.63) is 23.7 Å². The summed E-state index contributed by atoms with van der Waals surface area (Å²) in [5, 5.41) is 15.4. The van der Waals surface area contributed by atoms with E-state index < -0.39 is 28.2 Å². The van der Waals surface area contributed by atoms with Crippen LogP contribution in [0.5, 0.6) is 0 Å². The lowest BCUT2D eigenvalue weighted by atomic mass is 10.3. The molecule has 12 heteroatoms. The minimum absolute atomic E-state index is 0.00300. The summed E-state index contributed by atoms with van der Waals surface area (Å²) in [4.78, 5) is 27.0. The van der Waals surface area contributed by atoms with Gasteiger partial charge in [0.2, 0.25) is 9.50 Å². The highest BCUT2D eigenvalue weighted by molar-refractivity contribution is 7.14. The molecule has 0 aliphatic heterocycles. The third-order valence-electron chi connectivity index (χ3n) is 1.95. The summed E-state index contributed by atoms with van der Waals surface area (Å²) < 4.78 is 7.63. The van der Waals surface area contributed by atoms with Crippen molar-refractivity contribution in [2.24, 2.45) is 5.16 Å². The van der Waals surface area contributed by atoms with Crippen molar-refractivity contribution < 1.29 is 24.3 Å². The normalized spacial score (nSPS) is 11.7. The number of carbonyl (C=O) groups is 2. The second-order valence-corrected chi connectivity index (χ2v) is 7.06. The fourth-order valence-electron chi connectivity index (χ4n) is 1.11. The van der Waals surface area contributed by atoms with Crippen LogP contribution >= 0.6 is 46.1 Å². The topological polar surface area (TPSA) is 110 Å². The Morgan fingerprint density at radius 1 is 1.48 bits per heavy atom. The van der Waals surface area contributed by atoms with E-state index in [0.717, 1.165) is 11.3 Å². The van der Waals surface area contributed by atoms with Crippen LogP contribution in [0.1, 0.15) is 5.69 Å². The van der Waals surface area contributed by atoms with E-state index in [1.165, 1.54) is 11.5 Å². The Kier molecular flexibility index (Phi) is 7.56. The van der Waals surface area contributed by atoms with Gasteiger partial charge in [-0.25, -0.2) is 14.6 Å². The standard InChI is InChI=1S/C11H10Cl3N3O5S/c1-2-3-21-8(18)7(17-20)6-4-23-9(15-6)16-10(19)22-5-11(12,13)14/h2,4,20H,1,3,5H2,(H,15,16,19)/b17-7-. The number of thiazole rings is 1. The number of nitrogens with zero attached hydrogens (tertiary/aromatic N) is 2. The monoisotopic (exact) mass is 401 g/mol. The Labute approximate surface area is 149 Å². The zero-order valence-electron chi connectivity index (χ0n) is 11.3. The van der Waals surface area contributed by atoms with Gasteiger partial charge < -0.3 is 14.7 Å². The number of anilines is 1. The molecule has 0 spiro atoms. The van der Waals surface area contributed by atoms with E-state index in [2.05, 4.69) is 26.8 Å². The number of hydrogen-bond acceptors (Lipinski definition) is 8. The smallest absolute Gasteiger partial charge is 0.413 e. The zero-order chi connectivity index (χ0) is 17.5. The van der Waals surface area contributed by atoms with Crippen molar-refractivity contribution in [3.63, 3.8) is 0 Å². The Bertz CT molecular complexity index is 614. The molecule has 1 rings (SSSR count). The maximum Gasteiger partial charge on any atom is 0.413 e. The summed E-state index contributed by atoms with van der Waals surface area (Å²) >= 11 is 17.3. The molecule has 1 amide bonds. The highest BCUT2D eigenvalue weighted by atomic mass is 35.6. The quantitative estimate of drug-likeness (QED) is 0.189. The van der Waals surface area contributed by atoms with E-state index >= 15 is 0 Å². The minimum atomic E-state index is -1.74. The van der Waals surface area contributed by atoms with Gasteiger partial charge in [-0.05, 0) is 0 Å². The lowest BCUT2D eigenvalue weighted by Gasteiger charge is -2.10. The molecular weight excluding hydrogens is 393 g/mol. The van der Waals surface area contributed by atoms with Crippen molar-refractivity contribution in [2.45, 2.75) is 3.79 Å². The van der Waals surface area contributed by atoms with Crippen LogP contribution in [-0.2, 0) is 14.3 Å². The van der Waals surface area contributed by atoms with Crippen LogP contribution in [0.2, 0.25) is 0 Å². The van der Waals surface area contributed by atoms with Gasteiger partial charge in [-0.1, -0.05) is 52.6 Å². The van der Waals surface area contributed by atoms with E-state index in [0.29, 0.717) is 0 Å². The van der Waals surface area contributed by atoms with E-state index in [4.69, 9.17) is 44.7 Å². The maximum atomic E-state index is 11.6. The molecule has 0 bridgehead atoms. The average Bonchev–Trinajstić information content (AvgIpc) is 2.91. The van der Waals surface area contributed by atoms with Gasteiger partial charge in [0.25, 0.3) is 0 Å². The van der Waals surface area contributed by atoms with Gasteiger partial charge in [0, 0.05) is 5.38 Å². The summed E-state index contributed by atoms with van der Waals surface area (Å²) in [6.45, 7) is 2.86. The van der Waals surface area contributed by atoms with Crippen LogP contribution in [0.3, 0.4) is 0 Å². The Hall–Kier alpha value is -1.55. The summed E-state index contributed by atoms with van der Waals surface area (Å²) in [5.74, 6) is -0.900. The SMILES string of the molecule is C=CCOC(=O)/C(=N\O)c1csc(NC(=O)OCC(Cl)(Cl)Cl)n1. The molecule has 126 valence electrons. The van der Waals surface area contributed by atoms with Crippen LogP contribution < -0.4 is 5.32 Å². The number of amides is 1. The van der Waals surface area contributed by atoms with Crippen molar-refractivity contribution in [1.29, 1.82) is 0 Å². The van der Waals surface area contributed by atoms with Gasteiger partial charge in [0.1, 0.15) is 18.9 Å². The van der Waals surface area contributed by atoms with Crippen LogP contribution in [0.15, 0.2) is 23.2 Å². The molecule has 0 unspecified atom stereocenters. The predicted molar refractivity (Wildman–Crippen MR) is 86.9 cm³/mol. The van der Waals surface area contributed by atoms with Gasteiger partial charge in [-0.15, -0.1) is 11.3 Å². The van der Waals surface area contributed by atoms with Gasteiger partial charge in [0.05, 0.1) is 0 Å². The first-order chi connectivity index (χ1) is 10.8. The number of nitrogens with one attached hydrogen (secondary N) is 1. The van der Waals surface area contributed by atoms with Crippen molar-refractivity contribution in [2.75, 3.05) is 18.5 Å². The fourth-order valence-corrected chi connectivity index (χ4v) is 1.95. The number of rotatable bonds is 6. The summed E-state index contributed by atoms with van der Waals surface area (Å²) in [5.41, 5.74) is -0.422. The molecule has 0 saturated heterocycles. The van der Waals surface area contributed by atoms with Crippen molar-refractivity contribution >= 4 is 69.0 Å². The Morgan fingerprint density at radius 3 is 2.74 bits per heavy atom. The van der Waals surface area contributed by atoms with Crippen molar-refractivity contribution in [1.82, 2.24) is 4.98 Å². The third kappa shape index (κ3) is 7.04. The molecule has 0 aromatic carbocycles. The zero-order valence-corrected chi connectivity index (χ0v) is 14.4. The predicted octanol–water partition coefficient (Wildman–Crippen LogP) is 2.97. The molecule has 0 aliphatic rings. The maximum absolute atomic E-state index is 11.6. The largest absolute Gasteiger partial charge is 0.457 e. The number of carbonyl (C=O) groups excluding carboxylic acids is 2. The molecule has 0 atom stereocenters. The molecule has 1 aromatic rings. The molecule has 23 heavy (non-hydrogen) atoms. The molecule has 0 saturated carbocycles. The first-order valence-corrected chi connectivity index (χ1v) is 7.74. The second kappa shape index (κ2) is 8.92. The molecule has 0 fully saturated rings. The molecule has 0 aliphatic carbocycles. The highest BCUT2D eigenvalue weighted by Crippen LogP contribution is 2.26. The average molecular weight is 403 g/mol. The summed E-state index contributed by atoms with van der Waals surface area (Å²) in [7, 11) is 0. The Balaban J connectivity index is 2.68. The number of alkyl halides is 3. The highest BCUT2D eigenvalue weighted by Gasteiger charge is 2.23. The number of ether oxygens (including phenoxy) is 2. The first kappa shape index (κ1) is 19.5. The van der Waals surface area contributed by atoms with Crippen LogP contribution in [0, 0.1) is 0 Å². The van der Waals surface area contributed by atoms with E-state index in [9.17, 15) is 9.59 Å². The summed E-state index contributed by atoms with van der Waals surface area (Å²) in [6, 6.07) is 0. The third-order valence-corrected chi connectivity index (χ3v) is 3.03. The second-order valence-electron chi connectivity index (χ2n) is 3.69. The van der Waals surface area contributed by atoms with Crippen LogP contribution in [0.4, 0.5) is 9.93 Å². The van der Waals surface area contributed by atoms with E-state index in [-0.39, 0.29) is 17.4 Å². The van der Waals surface area contributed by atoms with Gasteiger partial charge in [-0.3, -0.25) is 5.32 Å². The molecule has 0 radical (unpaired) electrons. The van der Waals surface area contributed by atoms with Gasteiger partial charge in [0.15, 0.2) is 5.13 Å². The fraction of sp³-hybridized carbons (Fsp3) is 0.273. The Morgan fingerprint density at radius 2 is 2.17 bits per heavy atom. The number of hydrogen-bond donors (Lipinski definition) is 2. The lowest BCUT2D eigenvalue weighted by Crippen LogP contribution is -2.22. The molecule has 8 nitrogen and oxygen atoms in total. The molecule has 2 N–H and O–H groups in total. The number of esters is 1. The van der Waals surface area contributed by atoms with E-state index in [1.54, 1.807) is 0 Å². The number of oxime groups is 1. The molecule has 1 aromatic heterocycles. The first-order valence-electron chi connectivity index (χ1n) is 5.73. The van der Waals surface area contributed by atoms with Crippen molar-refractivity contribution in [3.8, 4) is 0 Å². The molecule has 1 heterocycles. The van der Waals surface area contributed by atoms with Crippen LogP contribution in [0.25, 0.3) is 0 Å². The summed E-state index contributed by atoms with van der Waals surface area (Å²) in [6.07, 6.45) is 0.440. The number of aromatic nitrogens is 1. The van der Waals surface area contributed by atoms with Crippen LogP contribution in [-0.4, -0.2) is 45.0 Å². The lowest BCUT2D eigenvalue weighted by molar-refractivity contribution is -0.134. The van der Waals surface area contributed by atoms with Gasteiger partial charge in [-0.2, -0.15) is 0 Å². The van der Waals surface area contributed by atoms with Gasteiger partial charge >= 0.3 is 12.1 Å². The molecular formula is C11H10Cl3N3O5S. The number of halogens is 3. The van der Waals surface area contributed by atoms with E-state index in [1.807, 2.05) is 0 Å². The minimum Gasteiger partial charge on any atom is -0.457 e.